The minimum Gasteiger partial charge on any atom is -0.399 e. The Balaban J connectivity index is 0.00000128. The van der Waals surface area contributed by atoms with E-state index in [0.29, 0.717) is 17.1 Å². The van der Waals surface area contributed by atoms with Gasteiger partial charge in [-0.1, -0.05) is 0 Å². The van der Waals surface area contributed by atoms with Crippen molar-refractivity contribution in [1.82, 2.24) is 0 Å². The number of hydrogen-bond donors (Lipinski definition) is 2. The average Bonchev–Trinajstić information content (AvgIpc) is 2.44. The molecule has 0 saturated heterocycles. The summed E-state index contributed by atoms with van der Waals surface area (Å²) in [5.41, 5.74) is 12.4. The first kappa shape index (κ1) is 15.3. The minimum atomic E-state index is -0.384. The van der Waals surface area contributed by atoms with Crippen molar-refractivity contribution in [3.8, 4) is 0 Å². The summed E-state index contributed by atoms with van der Waals surface area (Å²) in [6, 6.07) is 4.61. The summed E-state index contributed by atoms with van der Waals surface area (Å²) in [5.74, 6) is -0.769. The van der Waals surface area contributed by atoms with E-state index in [1.54, 1.807) is 6.07 Å². The Bertz CT molecular complexity index is 450. The van der Waals surface area contributed by atoms with Gasteiger partial charge in [-0.3, -0.25) is 9.59 Å². The number of halogens is 2. The fourth-order valence-electron chi connectivity index (χ4n) is 1.44. The minimum absolute atomic E-state index is 0. The van der Waals surface area contributed by atoms with E-state index >= 15 is 0 Å². The quantitative estimate of drug-likeness (QED) is 0.594. The Morgan fingerprint density at radius 3 is 1.65 bits per heavy atom. The van der Waals surface area contributed by atoms with E-state index in [1.165, 1.54) is 24.3 Å². The summed E-state index contributed by atoms with van der Waals surface area (Å²) in [4.78, 5) is 23.7. The van der Waals surface area contributed by atoms with Crippen molar-refractivity contribution in [1.29, 1.82) is 0 Å². The largest absolute Gasteiger partial charge is 0.399 e. The van der Waals surface area contributed by atoms with Crippen LogP contribution in [0, 0.1) is 0 Å². The van der Waals surface area contributed by atoms with Gasteiger partial charge in [0.2, 0.25) is 0 Å². The van der Waals surface area contributed by atoms with E-state index in [1.807, 2.05) is 0 Å². The highest BCUT2D eigenvalue weighted by Gasteiger charge is 2.25. The number of anilines is 3. The average molecular weight is 276 g/mol. The van der Waals surface area contributed by atoms with Crippen LogP contribution >= 0.6 is 24.8 Å². The molecule has 0 fully saturated rings. The van der Waals surface area contributed by atoms with E-state index in [9.17, 15) is 9.59 Å². The molecule has 1 aromatic rings. The third-order valence-electron chi connectivity index (χ3n) is 2.03. The van der Waals surface area contributed by atoms with Crippen LogP contribution in [0.4, 0.5) is 17.1 Å². The molecule has 0 bridgehead atoms. The second-order valence-electron chi connectivity index (χ2n) is 3.20. The molecule has 2 amide bonds. The number of carbonyl (C=O) groups excluding carboxylic acids is 2. The van der Waals surface area contributed by atoms with Crippen molar-refractivity contribution in [2.45, 2.75) is 0 Å². The first-order valence-electron chi connectivity index (χ1n) is 4.30. The molecule has 0 spiro atoms. The van der Waals surface area contributed by atoms with Gasteiger partial charge in [-0.2, -0.15) is 0 Å². The fraction of sp³-hybridized carbons (Fsp3) is 0. The zero-order valence-corrected chi connectivity index (χ0v) is 10.3. The number of imide groups is 1. The first-order valence-corrected chi connectivity index (χ1v) is 4.30. The van der Waals surface area contributed by atoms with Gasteiger partial charge in [0.15, 0.2) is 0 Å². The number of nitrogens with two attached hydrogens (primary N) is 2. The van der Waals surface area contributed by atoms with Crippen molar-refractivity contribution in [3.63, 3.8) is 0 Å². The molecule has 0 aromatic heterocycles. The zero-order chi connectivity index (χ0) is 11.0. The molecule has 1 aliphatic heterocycles. The topological polar surface area (TPSA) is 89.4 Å². The highest BCUT2D eigenvalue weighted by atomic mass is 35.5. The van der Waals surface area contributed by atoms with Crippen LogP contribution < -0.4 is 16.4 Å². The van der Waals surface area contributed by atoms with Crippen LogP contribution in [0.5, 0.6) is 0 Å². The Hall–Kier alpha value is -1.72. The van der Waals surface area contributed by atoms with E-state index in [-0.39, 0.29) is 36.6 Å². The molecule has 4 N–H and O–H groups in total. The number of carbonyl (C=O) groups is 2. The lowest BCUT2D eigenvalue weighted by molar-refractivity contribution is -0.119. The fourth-order valence-corrected chi connectivity index (χ4v) is 1.44. The normalized spacial score (nSPS) is 13.3. The van der Waals surface area contributed by atoms with Crippen LogP contribution in [0.25, 0.3) is 0 Å². The molecule has 0 unspecified atom stereocenters. The molecule has 92 valence electrons. The number of amides is 2. The summed E-state index contributed by atoms with van der Waals surface area (Å²) in [6.45, 7) is 0. The first-order chi connectivity index (χ1) is 7.08. The number of nitrogen functional groups attached to an aromatic ring is 2. The smallest absolute Gasteiger partial charge is 0.258 e. The maximum Gasteiger partial charge on any atom is 0.258 e. The lowest BCUT2D eigenvalue weighted by Gasteiger charge is -2.14. The van der Waals surface area contributed by atoms with Crippen LogP contribution in [0.2, 0.25) is 0 Å². The molecule has 1 aliphatic rings. The number of nitrogens with zero attached hydrogens (tertiary/aromatic N) is 1. The molecule has 0 saturated carbocycles. The van der Waals surface area contributed by atoms with E-state index < -0.39 is 0 Å². The molecule has 1 aromatic carbocycles. The second kappa shape index (κ2) is 5.56. The van der Waals surface area contributed by atoms with Crippen LogP contribution in [0.15, 0.2) is 30.4 Å². The van der Waals surface area contributed by atoms with Gasteiger partial charge in [0, 0.05) is 23.5 Å². The maximum absolute atomic E-state index is 11.3. The molecule has 5 nitrogen and oxygen atoms in total. The van der Waals surface area contributed by atoms with Crippen molar-refractivity contribution < 1.29 is 9.59 Å². The number of rotatable bonds is 1. The van der Waals surface area contributed by atoms with Crippen LogP contribution in [-0.2, 0) is 9.59 Å². The molecule has 0 radical (unpaired) electrons. The Morgan fingerprint density at radius 2 is 1.24 bits per heavy atom. The monoisotopic (exact) mass is 275 g/mol. The summed E-state index contributed by atoms with van der Waals surface area (Å²) < 4.78 is 0. The highest BCUT2D eigenvalue weighted by molar-refractivity contribution is 6.28. The van der Waals surface area contributed by atoms with Gasteiger partial charge in [-0.15, -0.1) is 24.8 Å². The van der Waals surface area contributed by atoms with E-state index in [4.69, 9.17) is 11.5 Å². The summed E-state index contributed by atoms with van der Waals surface area (Å²) in [5, 5.41) is 0. The number of benzene rings is 1. The van der Waals surface area contributed by atoms with Crippen LogP contribution in [0.1, 0.15) is 0 Å². The van der Waals surface area contributed by atoms with Crippen molar-refractivity contribution >= 4 is 53.7 Å². The Kier molecular flexibility index (Phi) is 5.00. The SMILES string of the molecule is Cl.Cl.Nc1cc(N)cc(N2C(=O)C=CC2=O)c1. The van der Waals surface area contributed by atoms with E-state index in [0.717, 1.165) is 4.90 Å². The van der Waals surface area contributed by atoms with Crippen LogP contribution in [0.3, 0.4) is 0 Å². The molecule has 2 rings (SSSR count). The zero-order valence-electron chi connectivity index (χ0n) is 8.62. The molecular formula is C10H11Cl2N3O2. The number of hydrogen-bond acceptors (Lipinski definition) is 4. The standard InChI is InChI=1S/C10H9N3O2.2ClH/c11-6-3-7(12)5-8(4-6)13-9(14)1-2-10(13)15;;/h1-5H,11-12H2;2*1H. The third-order valence-corrected chi connectivity index (χ3v) is 2.03. The molecule has 1 heterocycles. The van der Waals surface area contributed by atoms with Gasteiger partial charge >= 0.3 is 0 Å². The van der Waals surface area contributed by atoms with Gasteiger partial charge in [-0.25, -0.2) is 4.90 Å². The molecule has 7 heteroatoms. The van der Waals surface area contributed by atoms with E-state index in [2.05, 4.69) is 0 Å². The van der Waals surface area contributed by atoms with Gasteiger partial charge in [0.1, 0.15) is 0 Å². The van der Waals surface area contributed by atoms with Gasteiger partial charge in [0.25, 0.3) is 11.8 Å². The van der Waals surface area contributed by atoms with Gasteiger partial charge < -0.3 is 11.5 Å². The van der Waals surface area contributed by atoms with Gasteiger partial charge in [-0.05, 0) is 18.2 Å². The second-order valence-corrected chi connectivity index (χ2v) is 3.20. The molecule has 0 atom stereocenters. The summed E-state index contributed by atoms with van der Waals surface area (Å²) in [7, 11) is 0. The lowest BCUT2D eigenvalue weighted by Crippen LogP contribution is -2.29. The van der Waals surface area contributed by atoms with Gasteiger partial charge in [0.05, 0.1) is 5.69 Å². The predicted octanol–water partition coefficient (Wildman–Crippen LogP) is 1.12. The summed E-state index contributed by atoms with van der Waals surface area (Å²) >= 11 is 0. The Labute approximate surface area is 110 Å². The highest BCUT2D eigenvalue weighted by Crippen LogP contribution is 2.24. The Morgan fingerprint density at radius 1 is 0.824 bits per heavy atom. The molecule has 0 aliphatic carbocycles. The maximum atomic E-state index is 11.3. The summed E-state index contributed by atoms with van der Waals surface area (Å²) in [6.07, 6.45) is 2.42. The lowest BCUT2D eigenvalue weighted by atomic mass is 10.2. The van der Waals surface area contributed by atoms with Crippen molar-refractivity contribution in [2.75, 3.05) is 16.4 Å². The van der Waals surface area contributed by atoms with Crippen molar-refractivity contribution in [2.24, 2.45) is 0 Å². The third kappa shape index (κ3) is 2.89. The van der Waals surface area contributed by atoms with Crippen molar-refractivity contribution in [3.05, 3.63) is 30.4 Å². The predicted molar refractivity (Wildman–Crippen MR) is 71.4 cm³/mol. The molecular weight excluding hydrogens is 265 g/mol. The molecule has 17 heavy (non-hydrogen) atoms. The van der Waals surface area contributed by atoms with Crippen LogP contribution in [-0.4, -0.2) is 11.8 Å².